The maximum absolute atomic E-state index is 12.2. The number of ether oxygens (including phenoxy) is 6. The van der Waals surface area contributed by atoms with Crippen LogP contribution in [0.5, 0.6) is 69.0 Å². The number of aromatic nitrogens is 8. The highest BCUT2D eigenvalue weighted by molar-refractivity contribution is 6.08. The minimum atomic E-state index is -1.03. The maximum Gasteiger partial charge on any atom is 0.335 e. The van der Waals surface area contributed by atoms with Crippen LogP contribution in [-0.2, 0) is 32.5 Å². The minimum absolute atomic E-state index is 0.111. The second kappa shape index (κ2) is 28.6. The van der Waals surface area contributed by atoms with Crippen molar-refractivity contribution < 1.29 is 38.3 Å². The van der Waals surface area contributed by atoms with Crippen LogP contribution in [0, 0.1) is 0 Å². The van der Waals surface area contributed by atoms with Crippen molar-refractivity contribution >= 4 is 50.1 Å². The number of nitrogens with zero attached hydrogens (tertiary/aromatic N) is 6. The van der Waals surface area contributed by atoms with Crippen molar-refractivity contribution in [2.24, 2.45) is 0 Å². The van der Waals surface area contributed by atoms with E-state index in [9.17, 15) is 9.90 Å². The quantitative estimate of drug-likeness (QED) is 0.0928. The Hall–Kier alpha value is -13.0. The number of carbonyl (C=O) groups is 1. The number of aromatic carboxylic acids is 1. The molecule has 16 rings (SSSR count). The van der Waals surface area contributed by atoms with E-state index >= 15 is 0 Å². The van der Waals surface area contributed by atoms with Crippen molar-refractivity contribution in [1.82, 2.24) is 39.9 Å². The summed E-state index contributed by atoms with van der Waals surface area (Å²) in [7, 11) is 0. The lowest BCUT2D eigenvalue weighted by molar-refractivity contribution is 0.0696. The Morgan fingerprint density at radius 3 is 0.704 bits per heavy atom. The third-order valence-electron chi connectivity index (χ3n) is 21.2. The van der Waals surface area contributed by atoms with Gasteiger partial charge in [0.15, 0.2) is 57.8 Å². The second-order valence-electron chi connectivity index (χ2n) is 36.0. The van der Waals surface area contributed by atoms with Crippen LogP contribution in [0.15, 0.2) is 224 Å². The minimum Gasteiger partial charge on any atom is -0.478 e. The van der Waals surface area contributed by atoms with Gasteiger partial charge in [-0.2, -0.15) is 0 Å². The first-order chi connectivity index (χ1) is 54.4. The number of H-pyrrole nitrogens is 2. The summed E-state index contributed by atoms with van der Waals surface area (Å²) in [5.41, 5.74) is 11.8. The molecule has 0 amide bonds. The number of hydrogen-bond acceptors (Lipinski definition) is 13. The molecule has 0 saturated carbocycles. The molecule has 5 heterocycles. The Kier molecular flexibility index (Phi) is 18.9. The topological polar surface area (TPSA) is 202 Å². The van der Waals surface area contributed by atoms with Crippen LogP contribution in [0.3, 0.4) is 0 Å². The molecular weight excluding hydrogens is 1430 g/mol. The zero-order chi connectivity index (χ0) is 81.0. The lowest BCUT2D eigenvalue weighted by Crippen LogP contribution is -2.10. The molecule has 0 fully saturated rings. The molecule has 2 aliphatic rings. The molecule has 2 aliphatic heterocycles. The Balaban J connectivity index is 0.998. The number of aromatic amines is 2. The van der Waals surface area contributed by atoms with Crippen LogP contribution in [-0.4, -0.2) is 50.9 Å². The highest BCUT2D eigenvalue weighted by Crippen LogP contribution is 2.50. The maximum atomic E-state index is 12.2. The summed E-state index contributed by atoms with van der Waals surface area (Å²) in [4.78, 5) is 52.9. The molecular formula is C99H94N8O8. The SMILES string of the molecule is CC(C)(C)c1ccc(Oc2cc3c(cc2Oc2ccc(C(C)(C)C)cc2)-c2nc-3nc3[nH]c(nc4nc(nc5[nH]c(n2)c2cc(Oc6ccc(C(C)(C)C)cc6)c(Oc6ccc(C(C)(C)C)cc6)cc52)-c2cc(Oc5ccc(C(C)(C)C)cc5)c(Oc5ccc(C(C)(C)C)cc5)cc2-4)c2cc(-c4ccc(C(=O)O)cc4)ccc32)cc1. The van der Waals surface area contributed by atoms with Gasteiger partial charge in [-0.1, -0.05) is 216 Å². The number of carboxylic acid groups (broad SMARTS) is 1. The molecule has 0 spiro atoms. The fourth-order valence-electron chi connectivity index (χ4n) is 14.2. The Bertz CT molecular complexity index is 6310. The van der Waals surface area contributed by atoms with Gasteiger partial charge in [0.25, 0.3) is 0 Å². The van der Waals surface area contributed by atoms with Gasteiger partial charge in [0.05, 0.1) is 5.56 Å². The van der Waals surface area contributed by atoms with E-state index in [1.165, 1.54) is 0 Å². The van der Waals surface area contributed by atoms with Gasteiger partial charge < -0.3 is 43.5 Å². The normalized spacial score (nSPS) is 12.5. The summed E-state index contributed by atoms with van der Waals surface area (Å²) < 4.78 is 42.1. The molecule has 3 N–H and O–H groups in total. The molecule has 16 heteroatoms. The van der Waals surface area contributed by atoms with Crippen LogP contribution in [0.4, 0.5) is 0 Å². The van der Waals surface area contributed by atoms with Crippen molar-refractivity contribution in [1.29, 1.82) is 0 Å². The highest BCUT2D eigenvalue weighted by Gasteiger charge is 2.31. The fourth-order valence-corrected chi connectivity index (χ4v) is 14.2. The Morgan fingerprint density at radius 2 is 0.470 bits per heavy atom. The smallest absolute Gasteiger partial charge is 0.335 e. The molecule has 16 nitrogen and oxygen atoms in total. The van der Waals surface area contributed by atoms with Gasteiger partial charge in [-0.15, -0.1) is 0 Å². The predicted molar refractivity (Wildman–Crippen MR) is 460 cm³/mol. The lowest BCUT2D eigenvalue weighted by atomic mass is 9.87. The fraction of sp³-hybridized carbons (Fsp3) is 0.242. The van der Waals surface area contributed by atoms with Gasteiger partial charge in [-0.3, -0.25) is 0 Å². The molecule has 0 atom stereocenters. The number of rotatable bonds is 14. The van der Waals surface area contributed by atoms with E-state index in [4.69, 9.17) is 58.3 Å². The van der Waals surface area contributed by atoms with Gasteiger partial charge in [-0.25, -0.2) is 34.7 Å². The van der Waals surface area contributed by atoms with Crippen LogP contribution in [0.1, 0.15) is 168 Å². The van der Waals surface area contributed by atoms with Crippen molar-refractivity contribution in [3.8, 4) is 126 Å². The first-order valence-corrected chi connectivity index (χ1v) is 39.0. The van der Waals surface area contributed by atoms with Gasteiger partial charge in [0.1, 0.15) is 57.1 Å². The zero-order valence-corrected chi connectivity index (χ0v) is 68.4. The molecule has 11 aromatic carbocycles. The molecule has 115 heavy (non-hydrogen) atoms. The molecule has 0 radical (unpaired) electrons. The van der Waals surface area contributed by atoms with Crippen molar-refractivity contribution in [3.63, 3.8) is 0 Å². The van der Waals surface area contributed by atoms with Crippen LogP contribution in [0.2, 0.25) is 0 Å². The highest BCUT2D eigenvalue weighted by atomic mass is 16.5. The Labute approximate surface area is 670 Å². The van der Waals surface area contributed by atoms with E-state index in [0.29, 0.717) is 141 Å². The summed E-state index contributed by atoms with van der Waals surface area (Å²) in [6.07, 6.45) is 0. The molecule has 0 aliphatic carbocycles. The number of nitrogens with one attached hydrogen (secondary N) is 2. The summed E-state index contributed by atoms with van der Waals surface area (Å²) in [6.45, 7) is 39.3. The number of carboxylic acids is 1. The van der Waals surface area contributed by atoms with Gasteiger partial charge in [0.2, 0.25) is 0 Å². The van der Waals surface area contributed by atoms with Crippen molar-refractivity contribution in [2.45, 2.75) is 157 Å². The predicted octanol–water partition coefficient (Wildman–Crippen LogP) is 26.8. The zero-order valence-electron chi connectivity index (χ0n) is 68.4. The van der Waals surface area contributed by atoms with E-state index in [1.807, 2.05) is 127 Å². The summed E-state index contributed by atoms with van der Waals surface area (Å²) in [6, 6.07) is 73.1. The summed E-state index contributed by atoms with van der Waals surface area (Å²) >= 11 is 0. The average molecular weight is 1520 g/mol. The van der Waals surface area contributed by atoms with Crippen LogP contribution >= 0.6 is 0 Å². The largest absolute Gasteiger partial charge is 0.478 e. The molecule has 0 saturated heterocycles. The van der Waals surface area contributed by atoms with Gasteiger partial charge in [-0.05, 0) is 210 Å². The van der Waals surface area contributed by atoms with Crippen molar-refractivity contribution in [2.75, 3.05) is 0 Å². The average Bonchev–Trinajstić information content (AvgIpc) is 1.59. The molecule has 3 aromatic heterocycles. The third-order valence-corrected chi connectivity index (χ3v) is 21.2. The molecule has 0 unspecified atom stereocenters. The molecule has 578 valence electrons. The van der Waals surface area contributed by atoms with E-state index < -0.39 is 5.97 Å². The summed E-state index contributed by atoms with van der Waals surface area (Å²) in [5.74, 6) is 6.02. The monoisotopic (exact) mass is 1520 g/mol. The van der Waals surface area contributed by atoms with E-state index in [2.05, 4.69) is 207 Å². The van der Waals surface area contributed by atoms with E-state index in [1.54, 1.807) is 24.3 Å². The van der Waals surface area contributed by atoms with Gasteiger partial charge in [0, 0.05) is 43.8 Å². The second-order valence-corrected chi connectivity index (χ2v) is 36.0. The molecule has 14 aromatic rings. The van der Waals surface area contributed by atoms with Crippen LogP contribution < -0.4 is 28.4 Å². The van der Waals surface area contributed by atoms with E-state index in [-0.39, 0.29) is 55.5 Å². The third kappa shape index (κ3) is 15.9. The first kappa shape index (κ1) is 76.1. The van der Waals surface area contributed by atoms with E-state index in [0.717, 1.165) is 44.5 Å². The van der Waals surface area contributed by atoms with Gasteiger partial charge >= 0.3 is 5.97 Å². The summed E-state index contributed by atoms with van der Waals surface area (Å²) in [5, 5.41) is 12.6. The number of hydrogen-bond donors (Lipinski definition) is 3. The van der Waals surface area contributed by atoms with Crippen LogP contribution in [0.25, 0.3) is 101 Å². The van der Waals surface area contributed by atoms with Crippen molar-refractivity contribution in [3.05, 3.63) is 263 Å². The number of fused-ring (bicyclic) bond motifs is 20. The first-order valence-electron chi connectivity index (χ1n) is 39.0. The number of benzene rings is 11. The lowest BCUT2D eigenvalue weighted by Gasteiger charge is -2.20. The molecule has 8 bridgehead atoms. The standard InChI is InChI=1S/C99H94N8O8/c1-94(2,3)59-24-36-65(37-25-59)110-79-50-73-74(51-80(79)111-66-38-26-60(27-39-66)95(4,5)6)89-103-87(73)101-85-71-48-23-58(56-19-21-57(22-20-56)93(108)109)49-72(71)86(100-85)102-88-75-52-81(112-67-40-28-61(29-41-67)96(7,8)9)82(113-68-42-30-62(31-43-68)97(10,11)12)53-76(75)90(104-88)106-92-78-55-84(115-70-46-34-64(35-47-70)99(16,17)18)83(54-77(78)91(105-89)107-92)114-69-44-32-63(33-45-69)98(13,14)15/h19-55H,1-18H3,(H,108,109)(H2,100,101,102,103,104,105,106,107). The Morgan fingerprint density at radius 1 is 0.252 bits per heavy atom.